The summed E-state index contributed by atoms with van der Waals surface area (Å²) in [7, 11) is -2.04. The van der Waals surface area contributed by atoms with Crippen molar-refractivity contribution in [2.45, 2.75) is 23.7 Å². The van der Waals surface area contributed by atoms with E-state index in [0.717, 1.165) is 18.4 Å². The summed E-state index contributed by atoms with van der Waals surface area (Å²) in [4.78, 5) is 0.189. The van der Waals surface area contributed by atoms with E-state index >= 15 is 0 Å². The highest BCUT2D eigenvalue weighted by Gasteiger charge is 2.25. The molecule has 3 N–H and O–H groups in total. The minimum atomic E-state index is -3.43. The van der Waals surface area contributed by atoms with Crippen LogP contribution < -0.4 is 10.5 Å². The molecule has 0 atom stereocenters. The molecule has 0 amide bonds. The first-order valence-electron chi connectivity index (χ1n) is 4.87. The van der Waals surface area contributed by atoms with Crippen LogP contribution in [0.4, 0.5) is 5.69 Å². The van der Waals surface area contributed by atoms with Crippen LogP contribution in [0.25, 0.3) is 0 Å². The Morgan fingerprint density at radius 3 is 2.60 bits per heavy atom. The molecule has 0 bridgehead atoms. The van der Waals surface area contributed by atoms with E-state index in [-0.39, 0.29) is 4.90 Å². The van der Waals surface area contributed by atoms with Crippen molar-refractivity contribution in [2.24, 2.45) is 0 Å². The predicted molar refractivity (Wildman–Crippen MR) is 59.1 cm³/mol. The van der Waals surface area contributed by atoms with Gasteiger partial charge < -0.3 is 5.73 Å². The van der Waals surface area contributed by atoms with Crippen LogP contribution in [0.15, 0.2) is 23.1 Å². The van der Waals surface area contributed by atoms with Crippen molar-refractivity contribution in [3.05, 3.63) is 23.8 Å². The van der Waals surface area contributed by atoms with Gasteiger partial charge in [0.15, 0.2) is 0 Å². The zero-order valence-electron chi connectivity index (χ0n) is 8.53. The second-order valence-corrected chi connectivity index (χ2v) is 5.63. The number of anilines is 1. The Bertz CT molecular complexity index is 478. The van der Waals surface area contributed by atoms with Crippen molar-refractivity contribution in [1.29, 1.82) is 0 Å². The van der Waals surface area contributed by atoms with Gasteiger partial charge in [-0.05, 0) is 43.5 Å². The highest BCUT2D eigenvalue weighted by molar-refractivity contribution is 7.89. The highest BCUT2D eigenvalue weighted by Crippen LogP contribution is 2.41. The van der Waals surface area contributed by atoms with Gasteiger partial charge in [-0.25, -0.2) is 13.1 Å². The number of benzene rings is 1. The molecule has 0 aliphatic heterocycles. The van der Waals surface area contributed by atoms with Crippen LogP contribution in [0.3, 0.4) is 0 Å². The second-order valence-electron chi connectivity index (χ2n) is 3.78. The topological polar surface area (TPSA) is 72.2 Å². The van der Waals surface area contributed by atoms with Crippen LogP contribution in [0.2, 0.25) is 0 Å². The van der Waals surface area contributed by atoms with E-state index in [0.29, 0.717) is 11.6 Å². The molecule has 1 saturated carbocycles. The largest absolute Gasteiger partial charge is 0.398 e. The minimum absolute atomic E-state index is 0.189. The van der Waals surface area contributed by atoms with Gasteiger partial charge in [-0.15, -0.1) is 0 Å². The molecule has 0 spiro atoms. The molecule has 1 fully saturated rings. The van der Waals surface area contributed by atoms with Gasteiger partial charge in [0, 0.05) is 0 Å². The Balaban J connectivity index is 2.49. The first kappa shape index (κ1) is 10.4. The van der Waals surface area contributed by atoms with Crippen molar-refractivity contribution in [3.8, 4) is 0 Å². The van der Waals surface area contributed by atoms with Gasteiger partial charge in [0.2, 0.25) is 10.0 Å². The fourth-order valence-corrected chi connectivity index (χ4v) is 2.45. The van der Waals surface area contributed by atoms with E-state index in [2.05, 4.69) is 4.72 Å². The van der Waals surface area contributed by atoms with Crippen molar-refractivity contribution >= 4 is 15.7 Å². The van der Waals surface area contributed by atoms with Crippen LogP contribution in [0, 0.1) is 0 Å². The third-order valence-corrected chi connectivity index (χ3v) is 4.11. The van der Waals surface area contributed by atoms with Crippen LogP contribution >= 0.6 is 0 Å². The molecule has 15 heavy (non-hydrogen) atoms. The monoisotopic (exact) mass is 226 g/mol. The lowest BCUT2D eigenvalue weighted by Gasteiger charge is -2.08. The third kappa shape index (κ3) is 1.98. The lowest BCUT2D eigenvalue weighted by molar-refractivity contribution is 0.588. The molecule has 1 aromatic rings. The Hall–Kier alpha value is -1.07. The smallest absolute Gasteiger partial charge is 0.242 e. The number of nitrogen functional groups attached to an aromatic ring is 1. The second kappa shape index (κ2) is 3.50. The number of rotatable bonds is 3. The highest BCUT2D eigenvalue weighted by atomic mass is 32.2. The van der Waals surface area contributed by atoms with E-state index < -0.39 is 10.0 Å². The number of nitrogens with one attached hydrogen (secondary N) is 1. The lowest BCUT2D eigenvalue weighted by Crippen LogP contribution is -2.20. The van der Waals surface area contributed by atoms with Crippen molar-refractivity contribution in [3.63, 3.8) is 0 Å². The third-order valence-electron chi connectivity index (χ3n) is 2.64. The predicted octanol–water partition coefficient (Wildman–Crippen LogP) is 1.05. The average Bonchev–Trinajstić information content (AvgIpc) is 3.02. The maximum atomic E-state index is 11.6. The number of sulfonamides is 1. The molecule has 0 unspecified atom stereocenters. The molecular weight excluding hydrogens is 212 g/mol. The Morgan fingerprint density at radius 1 is 1.40 bits per heavy atom. The summed E-state index contributed by atoms with van der Waals surface area (Å²) in [5.41, 5.74) is 7.02. The van der Waals surface area contributed by atoms with Crippen LogP contribution in [0.5, 0.6) is 0 Å². The van der Waals surface area contributed by atoms with E-state index in [4.69, 9.17) is 5.73 Å². The molecule has 1 aliphatic rings. The molecular formula is C10H14N2O2S. The van der Waals surface area contributed by atoms with Crippen LogP contribution in [0.1, 0.15) is 24.3 Å². The van der Waals surface area contributed by atoms with Crippen LogP contribution in [-0.2, 0) is 10.0 Å². The molecule has 5 heteroatoms. The SMILES string of the molecule is CNS(=O)(=O)c1cc(C2CC2)ccc1N. The van der Waals surface area contributed by atoms with E-state index in [1.165, 1.54) is 7.05 Å². The quantitative estimate of drug-likeness (QED) is 0.757. The zero-order valence-corrected chi connectivity index (χ0v) is 9.34. The molecule has 0 heterocycles. The molecule has 0 radical (unpaired) electrons. The van der Waals surface area contributed by atoms with Crippen molar-refractivity contribution in [2.75, 3.05) is 12.8 Å². The summed E-state index contributed by atoms with van der Waals surface area (Å²) in [6.07, 6.45) is 2.28. The Morgan fingerprint density at radius 2 is 2.07 bits per heavy atom. The van der Waals surface area contributed by atoms with E-state index in [9.17, 15) is 8.42 Å². The average molecular weight is 226 g/mol. The van der Waals surface area contributed by atoms with E-state index in [1.807, 2.05) is 6.07 Å². The first-order chi connectivity index (χ1) is 7.04. The molecule has 0 saturated heterocycles. The van der Waals surface area contributed by atoms with Gasteiger partial charge in [0.05, 0.1) is 5.69 Å². The summed E-state index contributed by atoms with van der Waals surface area (Å²) in [5, 5.41) is 0. The minimum Gasteiger partial charge on any atom is -0.398 e. The Labute approximate surface area is 89.5 Å². The van der Waals surface area contributed by atoms with E-state index in [1.54, 1.807) is 12.1 Å². The van der Waals surface area contributed by atoms with Gasteiger partial charge in [0.25, 0.3) is 0 Å². The Kier molecular flexibility index (Phi) is 2.44. The van der Waals surface area contributed by atoms with Gasteiger partial charge in [-0.3, -0.25) is 0 Å². The van der Waals surface area contributed by atoms with Crippen molar-refractivity contribution in [1.82, 2.24) is 4.72 Å². The van der Waals surface area contributed by atoms with Crippen molar-refractivity contribution < 1.29 is 8.42 Å². The van der Waals surface area contributed by atoms with Crippen LogP contribution in [-0.4, -0.2) is 15.5 Å². The fraction of sp³-hybridized carbons (Fsp3) is 0.400. The standard InChI is InChI=1S/C10H14N2O2S/c1-12-15(13,14)10-6-8(7-2-3-7)4-5-9(10)11/h4-7,12H,2-3,11H2,1H3. The number of nitrogens with two attached hydrogens (primary N) is 1. The molecule has 0 aromatic heterocycles. The van der Waals surface area contributed by atoms with Gasteiger partial charge >= 0.3 is 0 Å². The maximum absolute atomic E-state index is 11.6. The summed E-state index contributed by atoms with van der Waals surface area (Å²) in [5.74, 6) is 0.524. The normalized spacial score (nSPS) is 16.6. The molecule has 2 rings (SSSR count). The summed E-state index contributed by atoms with van der Waals surface area (Å²) < 4.78 is 25.5. The van der Waals surface area contributed by atoms with Gasteiger partial charge in [-0.1, -0.05) is 6.07 Å². The lowest BCUT2D eigenvalue weighted by atomic mass is 10.1. The molecule has 4 nitrogen and oxygen atoms in total. The fourth-order valence-electron chi connectivity index (χ4n) is 1.56. The summed E-state index contributed by atoms with van der Waals surface area (Å²) >= 11 is 0. The van der Waals surface area contributed by atoms with Gasteiger partial charge in [-0.2, -0.15) is 0 Å². The van der Waals surface area contributed by atoms with Gasteiger partial charge in [0.1, 0.15) is 4.90 Å². The maximum Gasteiger partial charge on any atom is 0.242 e. The first-order valence-corrected chi connectivity index (χ1v) is 6.36. The summed E-state index contributed by atoms with van der Waals surface area (Å²) in [6, 6.07) is 5.25. The number of hydrogen-bond donors (Lipinski definition) is 2. The molecule has 1 aliphatic carbocycles. The molecule has 82 valence electrons. The molecule has 1 aromatic carbocycles. The number of hydrogen-bond acceptors (Lipinski definition) is 3. The summed E-state index contributed by atoms with van der Waals surface area (Å²) in [6.45, 7) is 0. The zero-order chi connectivity index (χ0) is 11.1.